The minimum absolute atomic E-state index is 0.225. The standard InChI is InChI=1S/C17H21N3/c1-12-10-20-17(11-19-12)16(18-2)9-13-6-7-14-4-3-5-15(14)8-13/h6-8,10-11,16,18H,3-5,9H2,1-2H3. The second-order valence-electron chi connectivity index (χ2n) is 5.58. The second-order valence-corrected chi connectivity index (χ2v) is 5.58. The molecule has 0 radical (unpaired) electrons. The molecule has 0 saturated heterocycles. The van der Waals surface area contributed by atoms with Gasteiger partial charge in [0.05, 0.1) is 23.6 Å². The van der Waals surface area contributed by atoms with Crippen LogP contribution < -0.4 is 5.32 Å². The van der Waals surface area contributed by atoms with Crippen molar-refractivity contribution in [2.45, 2.75) is 38.6 Å². The Labute approximate surface area is 120 Å². The van der Waals surface area contributed by atoms with Crippen LogP contribution >= 0.6 is 0 Å². The highest BCUT2D eigenvalue weighted by Crippen LogP contribution is 2.25. The molecule has 1 aliphatic carbocycles. The molecule has 2 aromatic rings. The van der Waals surface area contributed by atoms with Crippen molar-refractivity contribution in [1.29, 1.82) is 0 Å². The number of fused-ring (bicyclic) bond motifs is 1. The number of aryl methyl sites for hydroxylation is 3. The van der Waals surface area contributed by atoms with E-state index in [2.05, 4.69) is 33.5 Å². The molecular formula is C17H21N3. The molecule has 1 atom stereocenters. The van der Waals surface area contributed by atoms with Gasteiger partial charge in [-0.15, -0.1) is 0 Å². The summed E-state index contributed by atoms with van der Waals surface area (Å²) < 4.78 is 0. The van der Waals surface area contributed by atoms with Crippen molar-refractivity contribution in [3.05, 3.63) is 58.7 Å². The van der Waals surface area contributed by atoms with E-state index in [-0.39, 0.29) is 6.04 Å². The Morgan fingerprint density at radius 2 is 2.00 bits per heavy atom. The van der Waals surface area contributed by atoms with Gasteiger partial charge < -0.3 is 5.32 Å². The Morgan fingerprint density at radius 3 is 2.75 bits per heavy atom. The molecule has 104 valence electrons. The van der Waals surface area contributed by atoms with Crippen LogP contribution in [0, 0.1) is 6.92 Å². The predicted octanol–water partition coefficient (Wildman–Crippen LogP) is 2.78. The van der Waals surface area contributed by atoms with Crippen LogP contribution in [0.4, 0.5) is 0 Å². The third kappa shape index (κ3) is 2.73. The molecule has 1 aromatic carbocycles. The topological polar surface area (TPSA) is 37.8 Å². The summed E-state index contributed by atoms with van der Waals surface area (Å²) in [6, 6.07) is 7.15. The van der Waals surface area contributed by atoms with E-state index in [0.29, 0.717) is 0 Å². The first-order chi connectivity index (χ1) is 9.76. The second kappa shape index (κ2) is 5.71. The van der Waals surface area contributed by atoms with E-state index in [4.69, 9.17) is 0 Å². The first kappa shape index (κ1) is 13.3. The molecular weight excluding hydrogens is 246 g/mol. The lowest BCUT2D eigenvalue weighted by Gasteiger charge is -2.16. The quantitative estimate of drug-likeness (QED) is 0.925. The first-order valence-corrected chi connectivity index (χ1v) is 7.33. The van der Waals surface area contributed by atoms with Crippen molar-refractivity contribution >= 4 is 0 Å². The lowest BCUT2D eigenvalue weighted by molar-refractivity contribution is 0.572. The Balaban J connectivity index is 1.79. The van der Waals surface area contributed by atoms with Gasteiger partial charge in [-0.3, -0.25) is 9.97 Å². The van der Waals surface area contributed by atoms with Crippen molar-refractivity contribution in [3.8, 4) is 0 Å². The highest BCUT2D eigenvalue weighted by Gasteiger charge is 2.15. The third-order valence-corrected chi connectivity index (χ3v) is 4.11. The summed E-state index contributed by atoms with van der Waals surface area (Å²) in [7, 11) is 1.99. The largest absolute Gasteiger partial charge is 0.311 e. The predicted molar refractivity (Wildman–Crippen MR) is 80.7 cm³/mol. The van der Waals surface area contributed by atoms with Crippen molar-refractivity contribution in [1.82, 2.24) is 15.3 Å². The van der Waals surface area contributed by atoms with E-state index in [1.54, 1.807) is 0 Å². The summed E-state index contributed by atoms with van der Waals surface area (Å²) in [4.78, 5) is 8.84. The minimum atomic E-state index is 0.225. The van der Waals surface area contributed by atoms with Crippen LogP contribution in [0.15, 0.2) is 30.6 Å². The van der Waals surface area contributed by atoms with Gasteiger partial charge in [0.15, 0.2) is 0 Å². The highest BCUT2D eigenvalue weighted by molar-refractivity contribution is 5.35. The van der Waals surface area contributed by atoms with Crippen LogP contribution in [0.1, 0.15) is 40.5 Å². The maximum absolute atomic E-state index is 4.49. The van der Waals surface area contributed by atoms with Crippen LogP contribution in [-0.2, 0) is 19.3 Å². The van der Waals surface area contributed by atoms with Crippen LogP contribution in [-0.4, -0.2) is 17.0 Å². The fourth-order valence-corrected chi connectivity index (χ4v) is 2.92. The lowest BCUT2D eigenvalue weighted by Crippen LogP contribution is -2.20. The fourth-order valence-electron chi connectivity index (χ4n) is 2.92. The van der Waals surface area contributed by atoms with Gasteiger partial charge in [0, 0.05) is 6.20 Å². The van der Waals surface area contributed by atoms with E-state index >= 15 is 0 Å². The fraction of sp³-hybridized carbons (Fsp3) is 0.412. The summed E-state index contributed by atoms with van der Waals surface area (Å²) in [6.45, 7) is 1.96. The molecule has 3 heteroatoms. The number of nitrogens with zero attached hydrogens (tertiary/aromatic N) is 2. The molecule has 0 bridgehead atoms. The summed E-state index contributed by atoms with van der Waals surface area (Å²) in [6.07, 6.45) is 8.46. The van der Waals surface area contributed by atoms with Crippen LogP contribution in [0.2, 0.25) is 0 Å². The van der Waals surface area contributed by atoms with Crippen LogP contribution in [0.3, 0.4) is 0 Å². The van der Waals surface area contributed by atoms with Gasteiger partial charge in [-0.1, -0.05) is 18.2 Å². The maximum Gasteiger partial charge on any atom is 0.0759 e. The molecule has 1 heterocycles. The minimum Gasteiger partial charge on any atom is -0.311 e. The molecule has 1 N–H and O–H groups in total. The number of hydrogen-bond donors (Lipinski definition) is 1. The SMILES string of the molecule is CNC(Cc1ccc2c(c1)CCC2)c1cnc(C)cn1. The van der Waals surface area contributed by atoms with Crippen molar-refractivity contribution in [3.63, 3.8) is 0 Å². The Kier molecular flexibility index (Phi) is 3.79. The number of nitrogens with one attached hydrogen (secondary N) is 1. The maximum atomic E-state index is 4.49. The number of likely N-dealkylation sites (N-methyl/N-ethyl adjacent to an activating group) is 1. The monoisotopic (exact) mass is 267 g/mol. The summed E-state index contributed by atoms with van der Waals surface area (Å²) in [5, 5.41) is 3.35. The van der Waals surface area contributed by atoms with E-state index in [0.717, 1.165) is 17.8 Å². The Bertz CT molecular complexity index is 590. The van der Waals surface area contributed by atoms with Gasteiger partial charge in [-0.25, -0.2) is 0 Å². The molecule has 0 amide bonds. The zero-order chi connectivity index (χ0) is 13.9. The number of hydrogen-bond acceptors (Lipinski definition) is 3. The molecule has 1 unspecified atom stereocenters. The molecule has 3 nitrogen and oxygen atoms in total. The number of aromatic nitrogens is 2. The van der Waals surface area contributed by atoms with Gasteiger partial charge in [-0.05, 0) is 56.3 Å². The third-order valence-electron chi connectivity index (χ3n) is 4.11. The molecule has 1 aromatic heterocycles. The number of benzene rings is 1. The Morgan fingerprint density at radius 1 is 1.15 bits per heavy atom. The first-order valence-electron chi connectivity index (χ1n) is 7.33. The van der Waals surface area contributed by atoms with Crippen molar-refractivity contribution in [2.75, 3.05) is 7.05 Å². The summed E-state index contributed by atoms with van der Waals surface area (Å²) >= 11 is 0. The molecule has 1 aliphatic rings. The number of rotatable bonds is 4. The van der Waals surface area contributed by atoms with Gasteiger partial charge in [0.1, 0.15) is 0 Å². The highest BCUT2D eigenvalue weighted by atomic mass is 14.9. The molecule has 0 spiro atoms. The molecule has 0 aliphatic heterocycles. The smallest absolute Gasteiger partial charge is 0.0759 e. The van der Waals surface area contributed by atoms with Crippen LogP contribution in [0.25, 0.3) is 0 Å². The van der Waals surface area contributed by atoms with Gasteiger partial charge in [0.2, 0.25) is 0 Å². The molecule has 0 fully saturated rings. The van der Waals surface area contributed by atoms with E-state index < -0.39 is 0 Å². The van der Waals surface area contributed by atoms with Crippen molar-refractivity contribution < 1.29 is 0 Å². The average Bonchev–Trinajstić information content (AvgIpc) is 2.93. The van der Waals surface area contributed by atoms with Gasteiger partial charge in [0.25, 0.3) is 0 Å². The summed E-state index contributed by atoms with van der Waals surface area (Å²) in [5.41, 5.74) is 6.42. The Hall–Kier alpha value is -1.74. The van der Waals surface area contributed by atoms with Crippen LogP contribution in [0.5, 0.6) is 0 Å². The average molecular weight is 267 g/mol. The normalized spacial score (nSPS) is 15.1. The zero-order valence-electron chi connectivity index (χ0n) is 12.2. The lowest BCUT2D eigenvalue weighted by atomic mass is 9.99. The van der Waals surface area contributed by atoms with E-state index in [1.165, 1.54) is 36.0 Å². The van der Waals surface area contributed by atoms with Gasteiger partial charge in [-0.2, -0.15) is 0 Å². The summed E-state index contributed by atoms with van der Waals surface area (Å²) in [5.74, 6) is 0. The zero-order valence-corrected chi connectivity index (χ0v) is 12.2. The molecule has 20 heavy (non-hydrogen) atoms. The van der Waals surface area contributed by atoms with Crippen molar-refractivity contribution in [2.24, 2.45) is 0 Å². The van der Waals surface area contributed by atoms with E-state index in [1.807, 2.05) is 26.4 Å². The molecule has 3 rings (SSSR count). The van der Waals surface area contributed by atoms with Gasteiger partial charge >= 0.3 is 0 Å². The molecule has 0 saturated carbocycles. The van der Waals surface area contributed by atoms with E-state index in [9.17, 15) is 0 Å².